The molecular formula is C17H16N2O5. The Kier molecular flexibility index (Phi) is 5.51. The third kappa shape index (κ3) is 4.33. The average Bonchev–Trinajstić information content (AvgIpc) is 2.58. The highest BCUT2D eigenvalue weighted by molar-refractivity contribution is 5.94. The SMILES string of the molecule is O=C(O)N[C@@H](C(=O)[C@H](NC(=O)O)c1ccccc1)c1ccccc1. The van der Waals surface area contributed by atoms with Crippen LogP contribution in [0.25, 0.3) is 0 Å². The van der Waals surface area contributed by atoms with Gasteiger partial charge in [-0.2, -0.15) is 0 Å². The number of ketones is 1. The molecule has 0 bridgehead atoms. The fraction of sp³-hybridized carbons (Fsp3) is 0.118. The van der Waals surface area contributed by atoms with Gasteiger partial charge < -0.3 is 20.8 Å². The molecular weight excluding hydrogens is 312 g/mol. The molecule has 2 atom stereocenters. The minimum absolute atomic E-state index is 0.429. The van der Waals surface area contributed by atoms with Crippen LogP contribution in [0.2, 0.25) is 0 Å². The summed E-state index contributed by atoms with van der Waals surface area (Å²) in [6.45, 7) is 0. The van der Waals surface area contributed by atoms with E-state index in [0.29, 0.717) is 11.1 Å². The number of hydrogen-bond acceptors (Lipinski definition) is 3. The molecule has 0 unspecified atom stereocenters. The van der Waals surface area contributed by atoms with Crippen LogP contribution in [-0.2, 0) is 4.79 Å². The van der Waals surface area contributed by atoms with Gasteiger partial charge in [0.25, 0.3) is 0 Å². The number of amides is 2. The van der Waals surface area contributed by atoms with Gasteiger partial charge in [-0.15, -0.1) is 0 Å². The van der Waals surface area contributed by atoms with Crippen molar-refractivity contribution in [2.24, 2.45) is 0 Å². The smallest absolute Gasteiger partial charge is 0.405 e. The highest BCUT2D eigenvalue weighted by Gasteiger charge is 2.31. The fourth-order valence-corrected chi connectivity index (χ4v) is 2.34. The number of hydrogen-bond donors (Lipinski definition) is 4. The molecule has 0 radical (unpaired) electrons. The predicted octanol–water partition coefficient (Wildman–Crippen LogP) is 2.57. The van der Waals surface area contributed by atoms with E-state index in [0.717, 1.165) is 0 Å². The van der Waals surface area contributed by atoms with Crippen molar-refractivity contribution in [1.29, 1.82) is 0 Å². The average molecular weight is 328 g/mol. The van der Waals surface area contributed by atoms with E-state index in [9.17, 15) is 14.4 Å². The molecule has 7 heteroatoms. The first-order valence-corrected chi connectivity index (χ1v) is 7.11. The first kappa shape index (κ1) is 17.0. The van der Waals surface area contributed by atoms with E-state index in [4.69, 9.17) is 10.2 Å². The molecule has 2 aromatic carbocycles. The van der Waals surface area contributed by atoms with Crippen LogP contribution in [-0.4, -0.2) is 28.2 Å². The molecule has 0 aromatic heterocycles. The number of rotatable bonds is 6. The van der Waals surface area contributed by atoms with Crippen molar-refractivity contribution in [1.82, 2.24) is 10.6 Å². The standard InChI is InChI=1S/C17H16N2O5/c20-15(13(18-16(21)22)11-7-3-1-4-8-11)14(19-17(23)24)12-9-5-2-6-10-12/h1-10,13-14,18-19H,(H,21,22)(H,23,24)/t13-,14-/m1/s1. The van der Waals surface area contributed by atoms with Crippen LogP contribution < -0.4 is 10.6 Å². The zero-order chi connectivity index (χ0) is 17.5. The van der Waals surface area contributed by atoms with Crippen molar-refractivity contribution < 1.29 is 24.6 Å². The first-order chi connectivity index (χ1) is 11.5. The molecule has 2 aromatic rings. The first-order valence-electron chi connectivity index (χ1n) is 7.11. The van der Waals surface area contributed by atoms with Gasteiger partial charge in [-0.1, -0.05) is 60.7 Å². The van der Waals surface area contributed by atoms with Crippen molar-refractivity contribution in [2.75, 3.05) is 0 Å². The van der Waals surface area contributed by atoms with Crippen LogP contribution in [0.5, 0.6) is 0 Å². The Labute approximate surface area is 137 Å². The largest absolute Gasteiger partial charge is 0.465 e. The van der Waals surface area contributed by atoms with Gasteiger partial charge in [0.1, 0.15) is 12.1 Å². The van der Waals surface area contributed by atoms with Crippen LogP contribution in [0.3, 0.4) is 0 Å². The second-order valence-electron chi connectivity index (χ2n) is 4.99. The van der Waals surface area contributed by atoms with Gasteiger partial charge in [-0.05, 0) is 11.1 Å². The number of Topliss-reactive ketones (excluding diaryl/α,β-unsaturated/α-hetero) is 1. The molecule has 0 heterocycles. The van der Waals surface area contributed by atoms with Crippen molar-refractivity contribution in [3.63, 3.8) is 0 Å². The zero-order valence-corrected chi connectivity index (χ0v) is 12.5. The molecule has 0 aliphatic carbocycles. The van der Waals surface area contributed by atoms with Gasteiger partial charge in [-0.3, -0.25) is 4.79 Å². The number of carboxylic acid groups (broad SMARTS) is 2. The summed E-state index contributed by atoms with van der Waals surface area (Å²) < 4.78 is 0. The minimum atomic E-state index is -1.38. The minimum Gasteiger partial charge on any atom is -0.465 e. The Morgan fingerprint density at radius 3 is 1.29 bits per heavy atom. The lowest BCUT2D eigenvalue weighted by Gasteiger charge is -2.23. The van der Waals surface area contributed by atoms with Gasteiger partial charge in [0, 0.05) is 0 Å². The van der Waals surface area contributed by atoms with E-state index in [-0.39, 0.29) is 0 Å². The summed E-state index contributed by atoms with van der Waals surface area (Å²) in [6.07, 6.45) is -2.75. The second-order valence-corrected chi connectivity index (χ2v) is 4.99. The molecule has 0 aliphatic heterocycles. The van der Waals surface area contributed by atoms with Crippen LogP contribution >= 0.6 is 0 Å². The second kappa shape index (κ2) is 7.77. The van der Waals surface area contributed by atoms with E-state index in [1.165, 1.54) is 0 Å². The van der Waals surface area contributed by atoms with Crippen molar-refractivity contribution in [3.8, 4) is 0 Å². The number of carbonyl (C=O) groups is 3. The third-order valence-electron chi connectivity index (χ3n) is 3.37. The summed E-state index contributed by atoms with van der Waals surface area (Å²) in [4.78, 5) is 35.0. The number of carbonyl (C=O) groups excluding carboxylic acids is 1. The molecule has 2 amide bonds. The lowest BCUT2D eigenvalue weighted by atomic mass is 9.93. The summed E-state index contributed by atoms with van der Waals surface area (Å²) in [6, 6.07) is 14.1. The molecule has 0 aliphatic rings. The van der Waals surface area contributed by atoms with Crippen LogP contribution in [0.4, 0.5) is 9.59 Å². The van der Waals surface area contributed by atoms with Crippen molar-refractivity contribution in [3.05, 3.63) is 71.8 Å². The fourth-order valence-electron chi connectivity index (χ4n) is 2.34. The highest BCUT2D eigenvalue weighted by atomic mass is 16.4. The molecule has 4 N–H and O–H groups in total. The third-order valence-corrected chi connectivity index (χ3v) is 3.37. The highest BCUT2D eigenvalue weighted by Crippen LogP contribution is 2.23. The van der Waals surface area contributed by atoms with Gasteiger partial charge in [-0.25, -0.2) is 9.59 Å². The normalized spacial score (nSPS) is 12.7. The van der Waals surface area contributed by atoms with Crippen LogP contribution in [0.15, 0.2) is 60.7 Å². The Bertz CT molecular complexity index is 657. The van der Waals surface area contributed by atoms with Crippen LogP contribution in [0, 0.1) is 0 Å². The molecule has 0 fully saturated rings. The van der Waals surface area contributed by atoms with Crippen LogP contribution in [0.1, 0.15) is 23.2 Å². The molecule has 0 spiro atoms. The lowest BCUT2D eigenvalue weighted by Crippen LogP contribution is -2.41. The molecule has 24 heavy (non-hydrogen) atoms. The summed E-state index contributed by atoms with van der Waals surface area (Å²) in [5, 5.41) is 22.4. The molecule has 124 valence electrons. The van der Waals surface area contributed by atoms with E-state index < -0.39 is 30.1 Å². The maximum atomic E-state index is 12.9. The molecule has 2 rings (SSSR count). The summed E-state index contributed by atoms with van der Waals surface area (Å²) in [5.41, 5.74) is 0.857. The zero-order valence-electron chi connectivity index (χ0n) is 12.5. The van der Waals surface area contributed by atoms with Gasteiger partial charge in [0.15, 0.2) is 5.78 Å². The van der Waals surface area contributed by atoms with Gasteiger partial charge in [0.2, 0.25) is 0 Å². The lowest BCUT2D eigenvalue weighted by molar-refractivity contribution is -0.123. The number of benzene rings is 2. The van der Waals surface area contributed by atoms with Gasteiger partial charge >= 0.3 is 12.2 Å². The summed E-state index contributed by atoms with van der Waals surface area (Å²) >= 11 is 0. The molecule has 0 saturated heterocycles. The Morgan fingerprint density at radius 1 is 0.667 bits per heavy atom. The molecule has 0 saturated carbocycles. The van der Waals surface area contributed by atoms with Crippen molar-refractivity contribution >= 4 is 18.0 Å². The molecule has 7 nitrogen and oxygen atoms in total. The Balaban J connectivity index is 2.40. The summed E-state index contributed by atoms with van der Waals surface area (Å²) in [7, 11) is 0. The topological polar surface area (TPSA) is 116 Å². The van der Waals surface area contributed by atoms with E-state index >= 15 is 0 Å². The quantitative estimate of drug-likeness (QED) is 0.650. The van der Waals surface area contributed by atoms with E-state index in [1.54, 1.807) is 60.7 Å². The van der Waals surface area contributed by atoms with E-state index in [2.05, 4.69) is 10.6 Å². The summed E-state index contributed by atoms with van der Waals surface area (Å²) in [5.74, 6) is -0.614. The van der Waals surface area contributed by atoms with Crippen molar-refractivity contribution in [2.45, 2.75) is 12.1 Å². The monoisotopic (exact) mass is 328 g/mol. The Hall–Kier alpha value is -3.35. The predicted molar refractivity (Wildman–Crippen MR) is 85.7 cm³/mol. The van der Waals surface area contributed by atoms with E-state index in [1.807, 2.05) is 0 Å². The maximum Gasteiger partial charge on any atom is 0.405 e. The Morgan fingerprint density at radius 2 is 1.00 bits per heavy atom. The number of nitrogens with one attached hydrogen (secondary N) is 2. The van der Waals surface area contributed by atoms with Gasteiger partial charge in [0.05, 0.1) is 0 Å². The maximum absolute atomic E-state index is 12.9.